The topological polar surface area (TPSA) is 87.7 Å². The van der Waals surface area contributed by atoms with Crippen LogP contribution in [0, 0.1) is 0 Å². The van der Waals surface area contributed by atoms with Crippen molar-refractivity contribution in [3.8, 4) is 0 Å². The number of amides is 2. The van der Waals surface area contributed by atoms with E-state index in [2.05, 4.69) is 20.3 Å². The Bertz CT molecular complexity index is 648. The average Bonchev–Trinajstić information content (AvgIpc) is 2.63. The minimum absolute atomic E-state index is 0.0954. The number of hydroxylamine groups is 1. The number of halogens is 1. The maximum Gasteiger partial charge on any atom is 0.254 e. The van der Waals surface area contributed by atoms with Crippen LogP contribution in [0.4, 0.5) is 5.82 Å². The van der Waals surface area contributed by atoms with Gasteiger partial charge in [0.25, 0.3) is 5.91 Å². The fourth-order valence-corrected chi connectivity index (χ4v) is 3.53. The molecule has 0 radical (unpaired) electrons. The number of hydrogen-bond acceptors (Lipinski definition) is 7. The highest BCUT2D eigenvalue weighted by Crippen LogP contribution is 2.24. The van der Waals surface area contributed by atoms with Crippen molar-refractivity contribution in [2.75, 3.05) is 36.9 Å². The van der Waals surface area contributed by atoms with Crippen LogP contribution in [0.5, 0.6) is 0 Å². The lowest BCUT2D eigenvalue weighted by molar-refractivity contribution is -0.133. The Morgan fingerprint density at radius 2 is 2.15 bits per heavy atom. The van der Waals surface area contributed by atoms with Gasteiger partial charge in [-0.2, -0.15) is 0 Å². The lowest BCUT2D eigenvalue weighted by Gasteiger charge is -2.40. The zero-order valence-corrected chi connectivity index (χ0v) is 16.8. The van der Waals surface area contributed by atoms with Crippen molar-refractivity contribution < 1.29 is 14.4 Å². The highest BCUT2D eigenvalue weighted by molar-refractivity contribution is 7.99. The number of anilines is 1. The molecule has 10 heteroatoms. The van der Waals surface area contributed by atoms with E-state index in [1.165, 1.54) is 11.8 Å². The first-order valence-electron chi connectivity index (χ1n) is 8.57. The predicted octanol–water partition coefficient (Wildman–Crippen LogP) is 1.74. The van der Waals surface area contributed by atoms with Gasteiger partial charge in [0.05, 0.1) is 12.4 Å². The van der Waals surface area contributed by atoms with Crippen LogP contribution < -0.4 is 10.4 Å². The third kappa shape index (κ3) is 5.72. The summed E-state index contributed by atoms with van der Waals surface area (Å²) in [5, 5.41) is 0.751. The Labute approximate surface area is 162 Å². The van der Waals surface area contributed by atoms with Gasteiger partial charge in [-0.05, 0) is 13.8 Å². The second kappa shape index (κ2) is 9.94. The van der Waals surface area contributed by atoms with Crippen molar-refractivity contribution in [1.29, 1.82) is 0 Å². The summed E-state index contributed by atoms with van der Waals surface area (Å²) in [7, 11) is 0. The summed E-state index contributed by atoms with van der Waals surface area (Å²) < 4.78 is 0. The van der Waals surface area contributed by atoms with Gasteiger partial charge in [0, 0.05) is 38.2 Å². The smallest absolute Gasteiger partial charge is 0.254 e. The lowest BCUT2D eigenvalue weighted by atomic mass is 10.1. The summed E-state index contributed by atoms with van der Waals surface area (Å²) in [6.07, 6.45) is 0.508. The molecule has 0 unspecified atom stereocenters. The molecule has 144 valence electrons. The number of piperazine rings is 1. The fourth-order valence-electron chi connectivity index (χ4n) is 2.66. The van der Waals surface area contributed by atoms with Gasteiger partial charge in [-0.25, -0.2) is 15.4 Å². The van der Waals surface area contributed by atoms with Crippen LogP contribution in [-0.4, -0.2) is 64.7 Å². The molecule has 0 aromatic carbocycles. The number of nitrogens with zero attached hydrogens (tertiary/aromatic N) is 4. The fraction of sp³-hybridized carbons (Fsp3) is 0.625. The van der Waals surface area contributed by atoms with Crippen molar-refractivity contribution >= 4 is 41.0 Å². The molecule has 1 saturated heterocycles. The Morgan fingerprint density at radius 3 is 2.81 bits per heavy atom. The molecule has 1 aromatic heterocycles. The van der Waals surface area contributed by atoms with Gasteiger partial charge in [-0.1, -0.05) is 30.3 Å². The quantitative estimate of drug-likeness (QED) is 0.322. The summed E-state index contributed by atoms with van der Waals surface area (Å²) in [6, 6.07) is 1.80. The summed E-state index contributed by atoms with van der Waals surface area (Å²) in [5.74, 6) is 0.736. The lowest BCUT2D eigenvalue weighted by Crippen LogP contribution is -2.54. The molecule has 0 saturated carbocycles. The molecule has 0 aliphatic carbocycles. The second-order valence-corrected chi connectivity index (χ2v) is 7.14. The average molecular weight is 402 g/mol. The van der Waals surface area contributed by atoms with Gasteiger partial charge < -0.3 is 9.80 Å². The van der Waals surface area contributed by atoms with Crippen molar-refractivity contribution in [2.45, 2.75) is 38.4 Å². The first-order valence-corrected chi connectivity index (χ1v) is 9.93. The van der Waals surface area contributed by atoms with Crippen LogP contribution in [0.2, 0.25) is 5.15 Å². The molecular formula is C16H24ClN5O3S. The number of thioether (sulfide) groups is 1. The van der Waals surface area contributed by atoms with E-state index in [4.69, 9.17) is 16.4 Å². The number of aromatic nitrogens is 2. The number of rotatable bonds is 7. The van der Waals surface area contributed by atoms with Crippen molar-refractivity contribution in [3.63, 3.8) is 0 Å². The Morgan fingerprint density at radius 1 is 1.38 bits per heavy atom. The molecule has 2 heterocycles. The Balaban J connectivity index is 2.01. The normalized spacial score (nSPS) is 17.3. The van der Waals surface area contributed by atoms with E-state index < -0.39 is 0 Å². The number of carbonyl (C=O) groups is 2. The van der Waals surface area contributed by atoms with Crippen LogP contribution in [0.25, 0.3) is 0 Å². The largest absolute Gasteiger partial charge is 0.353 e. The van der Waals surface area contributed by atoms with Crippen LogP contribution >= 0.6 is 23.4 Å². The SMILES string of the molecule is CCONC(=O)CSc1nc(Cl)cc(N2CCN(C(=O)CC)[C@H](C)C2)n1. The summed E-state index contributed by atoms with van der Waals surface area (Å²) in [6.45, 7) is 8.08. The van der Waals surface area contributed by atoms with E-state index in [0.29, 0.717) is 48.8 Å². The number of nitrogens with one attached hydrogen (secondary N) is 1. The molecule has 2 rings (SSSR count). The van der Waals surface area contributed by atoms with Gasteiger partial charge in [0.2, 0.25) is 5.91 Å². The molecule has 0 spiro atoms. The number of carbonyl (C=O) groups excluding carboxylic acids is 2. The standard InChI is InChI=1S/C16H24ClN5O3S/c1-4-15(24)22-7-6-21(9-11(22)3)13-8-12(17)18-16(19-13)26-10-14(23)20-25-5-2/h8,11H,4-7,9-10H2,1-3H3,(H,20,23)/t11-/m1/s1. The summed E-state index contributed by atoms with van der Waals surface area (Å²) in [4.78, 5) is 41.1. The van der Waals surface area contributed by atoms with Gasteiger partial charge in [-0.3, -0.25) is 14.4 Å². The molecular weight excluding hydrogens is 378 g/mol. The van der Waals surface area contributed by atoms with Gasteiger partial charge in [0.15, 0.2) is 5.16 Å². The minimum Gasteiger partial charge on any atom is -0.353 e. The monoisotopic (exact) mass is 401 g/mol. The maximum atomic E-state index is 12.0. The molecule has 0 bridgehead atoms. The van der Waals surface area contributed by atoms with E-state index in [0.717, 1.165) is 0 Å². The van der Waals surface area contributed by atoms with Crippen LogP contribution in [0.1, 0.15) is 27.2 Å². The van der Waals surface area contributed by atoms with Crippen molar-refractivity contribution in [1.82, 2.24) is 20.3 Å². The van der Waals surface area contributed by atoms with E-state index in [9.17, 15) is 9.59 Å². The molecule has 1 aliphatic rings. The van der Waals surface area contributed by atoms with Crippen molar-refractivity contribution in [3.05, 3.63) is 11.2 Å². The summed E-state index contributed by atoms with van der Waals surface area (Å²) >= 11 is 7.32. The first-order chi connectivity index (χ1) is 12.4. The van der Waals surface area contributed by atoms with E-state index in [1.54, 1.807) is 13.0 Å². The van der Waals surface area contributed by atoms with Gasteiger partial charge >= 0.3 is 0 Å². The van der Waals surface area contributed by atoms with Crippen LogP contribution in [0.15, 0.2) is 11.2 Å². The third-order valence-electron chi connectivity index (χ3n) is 3.90. The minimum atomic E-state index is -0.262. The second-order valence-electron chi connectivity index (χ2n) is 5.81. The van der Waals surface area contributed by atoms with Gasteiger partial charge in [0.1, 0.15) is 11.0 Å². The Hall–Kier alpha value is -1.58. The first kappa shape index (κ1) is 20.7. The van der Waals surface area contributed by atoms with Crippen molar-refractivity contribution in [2.24, 2.45) is 0 Å². The third-order valence-corrected chi connectivity index (χ3v) is 4.94. The van der Waals surface area contributed by atoms with E-state index in [-0.39, 0.29) is 23.6 Å². The zero-order chi connectivity index (χ0) is 19.1. The van der Waals surface area contributed by atoms with E-state index >= 15 is 0 Å². The highest BCUT2D eigenvalue weighted by Gasteiger charge is 2.27. The molecule has 1 N–H and O–H groups in total. The zero-order valence-electron chi connectivity index (χ0n) is 15.2. The highest BCUT2D eigenvalue weighted by atomic mass is 35.5. The summed E-state index contributed by atoms with van der Waals surface area (Å²) in [5.41, 5.74) is 2.33. The van der Waals surface area contributed by atoms with E-state index in [1.807, 2.05) is 18.7 Å². The molecule has 2 amide bonds. The van der Waals surface area contributed by atoms with Gasteiger partial charge in [-0.15, -0.1) is 0 Å². The molecule has 1 aromatic rings. The van der Waals surface area contributed by atoms with Crippen LogP contribution in [0.3, 0.4) is 0 Å². The molecule has 26 heavy (non-hydrogen) atoms. The molecule has 8 nitrogen and oxygen atoms in total. The molecule has 1 atom stereocenters. The molecule has 1 aliphatic heterocycles. The number of hydrogen-bond donors (Lipinski definition) is 1. The van der Waals surface area contributed by atoms with Crippen LogP contribution in [-0.2, 0) is 14.4 Å². The predicted molar refractivity (Wildman–Crippen MR) is 101 cm³/mol. The maximum absolute atomic E-state index is 12.0. The molecule has 1 fully saturated rings. The Kier molecular flexibility index (Phi) is 7.92.